The molecule has 2 N–H and O–H groups in total. The highest BCUT2D eigenvalue weighted by atomic mass is 127. The maximum atomic E-state index is 11.6. The highest BCUT2D eigenvalue weighted by molar-refractivity contribution is 14.0. The number of rotatable bonds is 6. The summed E-state index contributed by atoms with van der Waals surface area (Å²) in [6.07, 6.45) is 3.17. The molecule has 1 saturated heterocycles. The molecule has 1 atom stereocenters. The van der Waals surface area contributed by atoms with Crippen LogP contribution in [0.4, 0.5) is 0 Å². The van der Waals surface area contributed by atoms with Crippen molar-refractivity contribution in [1.82, 2.24) is 15.5 Å². The second-order valence-electron chi connectivity index (χ2n) is 5.64. The third-order valence-corrected chi connectivity index (χ3v) is 3.34. The Balaban J connectivity index is 0.00000400. The molecule has 0 aliphatic carbocycles. The van der Waals surface area contributed by atoms with Crippen LogP contribution in [0, 0.1) is 0 Å². The van der Waals surface area contributed by atoms with Crippen molar-refractivity contribution in [2.45, 2.75) is 38.7 Å². The van der Waals surface area contributed by atoms with Gasteiger partial charge in [-0.1, -0.05) is 6.92 Å². The maximum absolute atomic E-state index is 11.6. The van der Waals surface area contributed by atoms with Crippen LogP contribution in [0.25, 0.3) is 0 Å². The Morgan fingerprint density at radius 1 is 1.38 bits per heavy atom. The van der Waals surface area contributed by atoms with Crippen molar-refractivity contribution in [3.63, 3.8) is 0 Å². The molecular weight excluding hydrogens is 383 g/mol. The molecule has 0 aromatic carbocycles. The summed E-state index contributed by atoms with van der Waals surface area (Å²) in [5, 5.41) is 6.49. The van der Waals surface area contributed by atoms with Crippen LogP contribution in [0.15, 0.2) is 4.99 Å². The predicted molar refractivity (Wildman–Crippen MR) is 96.3 cm³/mol. The van der Waals surface area contributed by atoms with Crippen LogP contribution >= 0.6 is 24.0 Å². The molecule has 1 amide bonds. The van der Waals surface area contributed by atoms with Gasteiger partial charge in [0.05, 0.1) is 5.60 Å². The zero-order chi connectivity index (χ0) is 15.0. The Morgan fingerprint density at radius 3 is 2.62 bits per heavy atom. The van der Waals surface area contributed by atoms with Gasteiger partial charge in [0.15, 0.2) is 5.96 Å². The second kappa shape index (κ2) is 10.2. The SMILES string of the molecule is CCCNC(=NCC(=O)N(C)C)NCC1(C)CCCO1.I. The lowest BCUT2D eigenvalue weighted by Gasteiger charge is -2.24. The van der Waals surface area contributed by atoms with Gasteiger partial charge in [-0.2, -0.15) is 0 Å². The second-order valence-corrected chi connectivity index (χ2v) is 5.64. The van der Waals surface area contributed by atoms with Crippen LogP contribution in [0.1, 0.15) is 33.1 Å². The third kappa shape index (κ3) is 7.85. The molecule has 1 aliphatic heterocycles. The van der Waals surface area contributed by atoms with E-state index in [1.807, 2.05) is 0 Å². The number of aliphatic imine (C=N–C) groups is 1. The number of ether oxygens (including phenoxy) is 1. The topological polar surface area (TPSA) is 66.0 Å². The Bertz CT molecular complexity index is 342. The van der Waals surface area contributed by atoms with E-state index in [4.69, 9.17) is 4.74 Å². The average molecular weight is 412 g/mol. The van der Waals surface area contributed by atoms with Gasteiger partial charge in [-0.25, -0.2) is 4.99 Å². The predicted octanol–water partition coefficient (Wildman–Crippen LogP) is 1.21. The number of likely N-dealkylation sites (N-methyl/N-ethyl adjacent to an activating group) is 1. The normalized spacial score (nSPS) is 21.6. The van der Waals surface area contributed by atoms with E-state index in [1.54, 1.807) is 19.0 Å². The number of guanidine groups is 1. The van der Waals surface area contributed by atoms with Crippen LogP contribution < -0.4 is 10.6 Å². The first kappa shape index (κ1) is 20.4. The summed E-state index contributed by atoms with van der Waals surface area (Å²) in [7, 11) is 3.47. The minimum atomic E-state index is -0.125. The zero-order valence-corrected chi connectivity index (χ0v) is 15.9. The van der Waals surface area contributed by atoms with Gasteiger partial charge < -0.3 is 20.3 Å². The van der Waals surface area contributed by atoms with Gasteiger partial charge in [-0.15, -0.1) is 24.0 Å². The molecule has 1 fully saturated rings. The number of amides is 1. The first-order chi connectivity index (χ1) is 9.47. The lowest BCUT2D eigenvalue weighted by molar-refractivity contribution is -0.127. The first-order valence-electron chi connectivity index (χ1n) is 7.33. The quantitative estimate of drug-likeness (QED) is 0.391. The monoisotopic (exact) mass is 412 g/mol. The minimum Gasteiger partial charge on any atom is -0.373 e. The minimum absolute atomic E-state index is 0. The lowest BCUT2D eigenvalue weighted by atomic mass is 10.0. The third-order valence-electron chi connectivity index (χ3n) is 3.34. The van der Waals surface area contributed by atoms with Gasteiger partial charge in [-0.3, -0.25) is 4.79 Å². The lowest BCUT2D eigenvalue weighted by Crippen LogP contribution is -2.46. The fourth-order valence-corrected chi connectivity index (χ4v) is 1.95. The van der Waals surface area contributed by atoms with Gasteiger partial charge in [-0.05, 0) is 26.2 Å². The van der Waals surface area contributed by atoms with E-state index >= 15 is 0 Å². The summed E-state index contributed by atoms with van der Waals surface area (Å²) in [5.74, 6) is 0.671. The van der Waals surface area contributed by atoms with Crippen LogP contribution in [-0.2, 0) is 9.53 Å². The average Bonchev–Trinajstić information content (AvgIpc) is 2.84. The van der Waals surface area contributed by atoms with Crippen molar-refractivity contribution in [1.29, 1.82) is 0 Å². The molecule has 0 aromatic rings. The number of hydrogen-bond acceptors (Lipinski definition) is 3. The van der Waals surface area contributed by atoms with E-state index in [0.29, 0.717) is 12.5 Å². The van der Waals surface area contributed by atoms with E-state index in [1.165, 1.54) is 0 Å². The molecule has 1 aliphatic rings. The molecule has 1 unspecified atom stereocenters. The van der Waals surface area contributed by atoms with Crippen molar-refractivity contribution >= 4 is 35.8 Å². The van der Waals surface area contributed by atoms with Crippen molar-refractivity contribution < 1.29 is 9.53 Å². The van der Waals surface area contributed by atoms with Gasteiger partial charge in [0.1, 0.15) is 6.54 Å². The van der Waals surface area contributed by atoms with E-state index < -0.39 is 0 Å². The van der Waals surface area contributed by atoms with Crippen molar-refractivity contribution in [3.05, 3.63) is 0 Å². The zero-order valence-electron chi connectivity index (χ0n) is 13.6. The van der Waals surface area contributed by atoms with Crippen LogP contribution in [0.3, 0.4) is 0 Å². The molecule has 0 bridgehead atoms. The highest BCUT2D eigenvalue weighted by Gasteiger charge is 2.29. The number of nitrogens with zero attached hydrogens (tertiary/aromatic N) is 2. The highest BCUT2D eigenvalue weighted by Crippen LogP contribution is 2.23. The van der Waals surface area contributed by atoms with Gasteiger partial charge >= 0.3 is 0 Å². The summed E-state index contributed by atoms with van der Waals surface area (Å²) in [6, 6.07) is 0. The summed E-state index contributed by atoms with van der Waals surface area (Å²) in [5.41, 5.74) is -0.125. The van der Waals surface area contributed by atoms with Gasteiger partial charge in [0.25, 0.3) is 0 Å². The molecule has 0 aromatic heterocycles. The van der Waals surface area contributed by atoms with Crippen molar-refractivity contribution in [3.8, 4) is 0 Å². The van der Waals surface area contributed by atoms with E-state index in [-0.39, 0.29) is 42.0 Å². The summed E-state index contributed by atoms with van der Waals surface area (Å²) in [4.78, 5) is 17.4. The number of carbonyl (C=O) groups excluding carboxylic acids is 1. The number of hydrogen-bond donors (Lipinski definition) is 2. The van der Waals surface area contributed by atoms with E-state index in [2.05, 4.69) is 29.5 Å². The number of carbonyl (C=O) groups is 1. The Labute approximate surface area is 145 Å². The number of halogens is 1. The molecule has 7 heteroatoms. The van der Waals surface area contributed by atoms with Crippen LogP contribution in [-0.4, -0.2) is 62.7 Å². The molecule has 0 radical (unpaired) electrons. The van der Waals surface area contributed by atoms with Gasteiger partial charge in [0, 0.05) is 33.8 Å². The fourth-order valence-electron chi connectivity index (χ4n) is 1.95. The Hall–Kier alpha value is -0.570. The van der Waals surface area contributed by atoms with Gasteiger partial charge in [0.2, 0.25) is 5.91 Å². The van der Waals surface area contributed by atoms with Crippen LogP contribution in [0.2, 0.25) is 0 Å². The summed E-state index contributed by atoms with van der Waals surface area (Å²) in [6.45, 7) is 6.72. The molecular formula is C14H29IN4O2. The Morgan fingerprint density at radius 2 is 2.10 bits per heavy atom. The standard InChI is InChI=1S/C14H28N4O2.HI/c1-5-8-15-13(16-10-12(19)18(3)4)17-11-14(2)7-6-9-20-14;/h5-11H2,1-4H3,(H2,15,16,17);1H. The number of nitrogens with one attached hydrogen (secondary N) is 2. The molecule has 124 valence electrons. The summed E-state index contributed by atoms with van der Waals surface area (Å²) >= 11 is 0. The first-order valence-corrected chi connectivity index (χ1v) is 7.33. The largest absolute Gasteiger partial charge is 0.373 e. The molecule has 6 nitrogen and oxygen atoms in total. The summed E-state index contributed by atoms with van der Waals surface area (Å²) < 4.78 is 5.74. The molecule has 0 saturated carbocycles. The maximum Gasteiger partial charge on any atom is 0.243 e. The Kier molecular flexibility index (Phi) is 9.93. The molecule has 0 spiro atoms. The van der Waals surface area contributed by atoms with Crippen molar-refractivity contribution in [2.75, 3.05) is 40.3 Å². The van der Waals surface area contributed by atoms with E-state index in [9.17, 15) is 4.79 Å². The molecule has 21 heavy (non-hydrogen) atoms. The van der Waals surface area contributed by atoms with Crippen molar-refractivity contribution in [2.24, 2.45) is 4.99 Å². The molecule has 1 heterocycles. The van der Waals surface area contributed by atoms with E-state index in [0.717, 1.165) is 32.4 Å². The smallest absolute Gasteiger partial charge is 0.243 e. The van der Waals surface area contributed by atoms with Crippen LogP contribution in [0.5, 0.6) is 0 Å². The molecule has 1 rings (SSSR count). The fraction of sp³-hybridized carbons (Fsp3) is 0.857.